The first-order valence-electron chi connectivity index (χ1n) is 7.78. The van der Waals surface area contributed by atoms with E-state index in [-0.39, 0.29) is 5.82 Å². The Kier molecular flexibility index (Phi) is 6.44. The molecule has 1 fully saturated rings. The number of rotatable bonds is 4. The van der Waals surface area contributed by atoms with E-state index in [2.05, 4.69) is 36.8 Å². The van der Waals surface area contributed by atoms with Crippen molar-refractivity contribution >= 4 is 49.1 Å². The fraction of sp³-hybridized carbons (Fsp3) is 0.278. The third-order valence-corrected chi connectivity index (χ3v) is 5.51. The Morgan fingerprint density at radius 3 is 2.32 bits per heavy atom. The molecule has 1 aliphatic heterocycles. The van der Waals surface area contributed by atoms with Gasteiger partial charge in [0.1, 0.15) is 23.2 Å². The molecule has 2 aromatic rings. The lowest BCUT2D eigenvalue weighted by Crippen LogP contribution is -2.40. The summed E-state index contributed by atoms with van der Waals surface area (Å²) in [5.74, 6) is 0.435. The van der Waals surface area contributed by atoms with E-state index in [1.54, 1.807) is 12.1 Å². The van der Waals surface area contributed by atoms with E-state index in [1.165, 1.54) is 12.1 Å². The lowest BCUT2D eigenvalue weighted by Gasteiger charge is -2.29. The zero-order valence-corrected chi connectivity index (χ0v) is 17.3. The van der Waals surface area contributed by atoms with Crippen LogP contribution >= 0.6 is 44.1 Å². The molecular weight excluding hydrogens is 473 g/mol. The number of thiocarbonyl (C=S) groups is 1. The highest BCUT2D eigenvalue weighted by Gasteiger charge is 2.18. The monoisotopic (exact) mass is 487 g/mol. The maximum Gasteiger partial charge on any atom is 0.148 e. The molecule has 0 radical (unpaired) electrons. The Balaban J connectivity index is 1.73. The Bertz CT molecular complexity index is 741. The zero-order chi connectivity index (χ0) is 17.8. The van der Waals surface area contributed by atoms with Crippen molar-refractivity contribution in [2.75, 3.05) is 26.3 Å². The van der Waals surface area contributed by atoms with Crippen LogP contribution in [-0.2, 0) is 11.3 Å². The zero-order valence-electron chi connectivity index (χ0n) is 13.3. The van der Waals surface area contributed by atoms with Crippen molar-refractivity contribution in [2.45, 2.75) is 6.61 Å². The van der Waals surface area contributed by atoms with Crippen LogP contribution in [0.4, 0.5) is 4.39 Å². The molecule has 132 valence electrons. The Labute approximate surface area is 168 Å². The van der Waals surface area contributed by atoms with Crippen molar-refractivity contribution < 1.29 is 13.9 Å². The molecular formula is C18H16Br2FNO2S. The summed E-state index contributed by atoms with van der Waals surface area (Å²) >= 11 is 12.7. The van der Waals surface area contributed by atoms with Gasteiger partial charge in [-0.1, -0.05) is 24.4 Å². The second kappa shape index (κ2) is 8.58. The molecule has 0 amide bonds. The number of hydrogen-bond donors (Lipinski definition) is 0. The maximum absolute atomic E-state index is 13.0. The molecule has 25 heavy (non-hydrogen) atoms. The SMILES string of the molecule is Fc1ccc(COc2c(Br)cc(C(=S)N3CCOCC3)cc2Br)cc1. The van der Waals surface area contributed by atoms with Crippen LogP contribution in [-0.4, -0.2) is 36.2 Å². The normalized spacial score (nSPS) is 14.4. The first-order valence-corrected chi connectivity index (χ1v) is 9.77. The van der Waals surface area contributed by atoms with Crippen molar-refractivity contribution in [2.24, 2.45) is 0 Å². The quantitative estimate of drug-likeness (QED) is 0.568. The van der Waals surface area contributed by atoms with Crippen LogP contribution in [0.25, 0.3) is 0 Å². The predicted octanol–water partition coefficient (Wildman–Crippen LogP) is 4.94. The summed E-state index contributed by atoms with van der Waals surface area (Å²) in [6, 6.07) is 10.2. The first-order chi connectivity index (χ1) is 12.0. The van der Waals surface area contributed by atoms with Gasteiger partial charge in [-0.05, 0) is 61.7 Å². The largest absolute Gasteiger partial charge is 0.487 e. The molecule has 1 aliphatic rings. The summed E-state index contributed by atoms with van der Waals surface area (Å²) in [5.41, 5.74) is 1.85. The van der Waals surface area contributed by atoms with Crippen LogP contribution in [0, 0.1) is 5.82 Å². The molecule has 1 saturated heterocycles. The molecule has 3 nitrogen and oxygen atoms in total. The lowest BCUT2D eigenvalue weighted by molar-refractivity contribution is 0.0693. The molecule has 0 N–H and O–H groups in total. The summed E-state index contributed by atoms with van der Waals surface area (Å²) in [7, 11) is 0. The van der Waals surface area contributed by atoms with Crippen LogP contribution in [0.5, 0.6) is 5.75 Å². The molecule has 0 aromatic heterocycles. The Morgan fingerprint density at radius 2 is 1.72 bits per heavy atom. The van der Waals surface area contributed by atoms with Crippen LogP contribution in [0.2, 0.25) is 0 Å². The summed E-state index contributed by atoms with van der Waals surface area (Å²) in [5, 5.41) is 0. The molecule has 0 aliphatic carbocycles. The Hall–Kier alpha value is -1.02. The van der Waals surface area contributed by atoms with Crippen LogP contribution in [0.3, 0.4) is 0 Å². The summed E-state index contributed by atoms with van der Waals surface area (Å²) in [6.45, 7) is 3.35. The fourth-order valence-corrected chi connectivity index (χ4v) is 4.22. The van der Waals surface area contributed by atoms with E-state index in [0.717, 1.165) is 38.2 Å². The molecule has 1 heterocycles. The van der Waals surface area contributed by atoms with E-state index in [9.17, 15) is 4.39 Å². The predicted molar refractivity (Wildman–Crippen MR) is 107 cm³/mol. The molecule has 0 spiro atoms. The van der Waals surface area contributed by atoms with Gasteiger partial charge >= 0.3 is 0 Å². The number of halogens is 3. The van der Waals surface area contributed by atoms with E-state index < -0.39 is 0 Å². The van der Waals surface area contributed by atoms with Crippen molar-refractivity contribution in [3.05, 3.63) is 62.3 Å². The van der Waals surface area contributed by atoms with Crippen molar-refractivity contribution in [1.82, 2.24) is 4.90 Å². The van der Waals surface area contributed by atoms with Gasteiger partial charge in [-0.2, -0.15) is 0 Å². The van der Waals surface area contributed by atoms with E-state index in [4.69, 9.17) is 21.7 Å². The second-order valence-electron chi connectivity index (χ2n) is 5.59. The first kappa shape index (κ1) is 18.8. The van der Waals surface area contributed by atoms with E-state index in [1.807, 2.05) is 12.1 Å². The van der Waals surface area contributed by atoms with Gasteiger partial charge in [-0.15, -0.1) is 0 Å². The third kappa shape index (κ3) is 4.78. The summed E-state index contributed by atoms with van der Waals surface area (Å²) in [4.78, 5) is 2.95. The highest BCUT2D eigenvalue weighted by molar-refractivity contribution is 9.11. The van der Waals surface area contributed by atoms with Gasteiger partial charge in [0.2, 0.25) is 0 Å². The number of morpholine rings is 1. The van der Waals surface area contributed by atoms with Gasteiger partial charge in [-0.3, -0.25) is 0 Å². The fourth-order valence-electron chi connectivity index (χ4n) is 2.51. The molecule has 7 heteroatoms. The Morgan fingerprint density at radius 1 is 1.12 bits per heavy atom. The minimum absolute atomic E-state index is 0.257. The van der Waals surface area contributed by atoms with Gasteiger partial charge in [0.15, 0.2) is 0 Å². The smallest absolute Gasteiger partial charge is 0.148 e. The van der Waals surface area contributed by atoms with E-state index in [0.29, 0.717) is 25.6 Å². The maximum atomic E-state index is 13.0. The number of ether oxygens (including phenoxy) is 2. The molecule has 3 rings (SSSR count). The highest BCUT2D eigenvalue weighted by atomic mass is 79.9. The minimum Gasteiger partial charge on any atom is -0.487 e. The standard InChI is InChI=1S/C18H16Br2FNO2S/c19-15-9-13(18(25)22-5-7-23-8-6-22)10-16(20)17(15)24-11-12-1-3-14(21)4-2-12/h1-4,9-10H,5-8,11H2. The summed E-state index contributed by atoms with van der Waals surface area (Å²) in [6.07, 6.45) is 0. The van der Waals surface area contributed by atoms with Crippen LogP contribution in [0.15, 0.2) is 45.3 Å². The molecule has 0 saturated carbocycles. The van der Waals surface area contributed by atoms with Crippen LogP contribution < -0.4 is 4.74 Å². The molecule has 2 aromatic carbocycles. The summed E-state index contributed by atoms with van der Waals surface area (Å²) < 4.78 is 25.9. The molecule has 0 atom stereocenters. The van der Waals surface area contributed by atoms with Gasteiger partial charge in [0.25, 0.3) is 0 Å². The lowest BCUT2D eigenvalue weighted by atomic mass is 10.2. The van der Waals surface area contributed by atoms with Crippen molar-refractivity contribution in [1.29, 1.82) is 0 Å². The van der Waals surface area contributed by atoms with Crippen molar-refractivity contribution in [3.63, 3.8) is 0 Å². The molecule has 0 unspecified atom stereocenters. The minimum atomic E-state index is -0.257. The number of nitrogens with zero attached hydrogens (tertiary/aromatic N) is 1. The number of benzene rings is 2. The van der Waals surface area contributed by atoms with Gasteiger partial charge in [-0.25, -0.2) is 4.39 Å². The average Bonchev–Trinajstić information content (AvgIpc) is 2.62. The second-order valence-corrected chi connectivity index (χ2v) is 7.68. The average molecular weight is 489 g/mol. The van der Waals surface area contributed by atoms with Crippen LogP contribution in [0.1, 0.15) is 11.1 Å². The van der Waals surface area contributed by atoms with Gasteiger partial charge < -0.3 is 14.4 Å². The van der Waals surface area contributed by atoms with Gasteiger partial charge in [0, 0.05) is 18.7 Å². The van der Waals surface area contributed by atoms with E-state index >= 15 is 0 Å². The number of hydrogen-bond acceptors (Lipinski definition) is 3. The third-order valence-electron chi connectivity index (χ3n) is 3.84. The van der Waals surface area contributed by atoms with Crippen molar-refractivity contribution in [3.8, 4) is 5.75 Å². The topological polar surface area (TPSA) is 21.7 Å². The molecule has 0 bridgehead atoms. The highest BCUT2D eigenvalue weighted by Crippen LogP contribution is 2.36. The van der Waals surface area contributed by atoms with Gasteiger partial charge in [0.05, 0.1) is 22.2 Å².